The standard InChI is InChI=1S/C18H25ClN2O4S/c19-16-5-3-14(4-6-16)13-26(23,24)21-9-7-15(8-10-21)18(22)20-12-17-2-1-11-25-17/h3-6,15,17H,1-2,7-13H2,(H,20,22). The number of carbonyl (C=O) groups excluding carboxylic acids is 1. The normalized spacial score (nSPS) is 22.4. The summed E-state index contributed by atoms with van der Waals surface area (Å²) in [6.07, 6.45) is 3.26. The van der Waals surface area contributed by atoms with Crippen LogP contribution < -0.4 is 5.32 Å². The number of amides is 1. The van der Waals surface area contributed by atoms with E-state index in [-0.39, 0.29) is 23.7 Å². The summed E-state index contributed by atoms with van der Waals surface area (Å²) in [4.78, 5) is 12.3. The van der Waals surface area contributed by atoms with Gasteiger partial charge in [-0.3, -0.25) is 4.79 Å². The summed E-state index contributed by atoms with van der Waals surface area (Å²) in [6.45, 7) is 2.08. The lowest BCUT2D eigenvalue weighted by Gasteiger charge is -2.30. The fourth-order valence-electron chi connectivity index (χ4n) is 3.44. The lowest BCUT2D eigenvalue weighted by atomic mass is 9.97. The predicted molar refractivity (Wildman–Crippen MR) is 100 cm³/mol. The van der Waals surface area contributed by atoms with Crippen molar-refractivity contribution in [2.24, 2.45) is 5.92 Å². The number of piperidine rings is 1. The first kappa shape index (κ1) is 19.6. The van der Waals surface area contributed by atoms with Crippen LogP contribution in [0.4, 0.5) is 0 Å². The highest BCUT2D eigenvalue weighted by molar-refractivity contribution is 7.88. The molecule has 2 heterocycles. The Morgan fingerprint density at radius 3 is 2.50 bits per heavy atom. The lowest BCUT2D eigenvalue weighted by Crippen LogP contribution is -2.44. The van der Waals surface area contributed by atoms with Crippen molar-refractivity contribution in [1.82, 2.24) is 9.62 Å². The number of hydrogen-bond donors (Lipinski definition) is 1. The number of ether oxygens (including phenoxy) is 1. The van der Waals surface area contributed by atoms with Gasteiger partial charge in [-0.2, -0.15) is 0 Å². The molecule has 0 aromatic heterocycles. The van der Waals surface area contributed by atoms with E-state index in [1.54, 1.807) is 24.3 Å². The van der Waals surface area contributed by atoms with E-state index in [4.69, 9.17) is 16.3 Å². The molecule has 1 amide bonds. The fraction of sp³-hybridized carbons (Fsp3) is 0.611. The molecular weight excluding hydrogens is 376 g/mol. The molecule has 0 spiro atoms. The number of halogens is 1. The lowest BCUT2D eigenvalue weighted by molar-refractivity contribution is -0.126. The average molecular weight is 401 g/mol. The van der Waals surface area contributed by atoms with E-state index in [1.165, 1.54) is 4.31 Å². The van der Waals surface area contributed by atoms with Gasteiger partial charge in [0.15, 0.2) is 0 Å². The number of sulfonamides is 1. The maximum absolute atomic E-state index is 12.6. The monoisotopic (exact) mass is 400 g/mol. The molecular formula is C18H25ClN2O4S. The van der Waals surface area contributed by atoms with Gasteiger partial charge in [-0.1, -0.05) is 23.7 Å². The summed E-state index contributed by atoms with van der Waals surface area (Å²) < 4.78 is 32.2. The van der Waals surface area contributed by atoms with Gasteiger partial charge in [0.05, 0.1) is 11.9 Å². The fourth-order valence-corrected chi connectivity index (χ4v) is 5.13. The van der Waals surface area contributed by atoms with Gasteiger partial charge in [-0.05, 0) is 43.4 Å². The van der Waals surface area contributed by atoms with Crippen LogP contribution in [0.2, 0.25) is 5.02 Å². The molecule has 2 aliphatic heterocycles. The minimum atomic E-state index is -3.39. The quantitative estimate of drug-likeness (QED) is 0.794. The maximum Gasteiger partial charge on any atom is 0.223 e. The van der Waals surface area contributed by atoms with E-state index in [0.717, 1.165) is 19.4 Å². The summed E-state index contributed by atoms with van der Waals surface area (Å²) in [7, 11) is -3.39. The molecule has 2 saturated heterocycles. The van der Waals surface area contributed by atoms with Crippen molar-refractivity contribution in [3.05, 3.63) is 34.9 Å². The van der Waals surface area contributed by atoms with Gasteiger partial charge in [0, 0.05) is 37.2 Å². The average Bonchev–Trinajstić information content (AvgIpc) is 3.15. The molecule has 8 heteroatoms. The Morgan fingerprint density at radius 1 is 1.19 bits per heavy atom. The first-order chi connectivity index (χ1) is 12.4. The minimum Gasteiger partial charge on any atom is -0.376 e. The van der Waals surface area contributed by atoms with Crippen LogP contribution in [0.25, 0.3) is 0 Å². The number of nitrogens with one attached hydrogen (secondary N) is 1. The zero-order valence-corrected chi connectivity index (χ0v) is 16.3. The van der Waals surface area contributed by atoms with Crippen molar-refractivity contribution in [2.45, 2.75) is 37.5 Å². The second-order valence-electron chi connectivity index (χ2n) is 6.94. The second-order valence-corrected chi connectivity index (χ2v) is 9.34. The first-order valence-corrected chi connectivity index (χ1v) is 11.0. The zero-order valence-electron chi connectivity index (χ0n) is 14.7. The number of nitrogens with zero attached hydrogens (tertiary/aromatic N) is 1. The smallest absolute Gasteiger partial charge is 0.223 e. The molecule has 3 rings (SSSR count). The van der Waals surface area contributed by atoms with Gasteiger partial charge in [0.1, 0.15) is 0 Å². The van der Waals surface area contributed by atoms with E-state index >= 15 is 0 Å². The summed E-state index contributed by atoms with van der Waals surface area (Å²) in [6, 6.07) is 6.84. The van der Waals surface area contributed by atoms with E-state index in [2.05, 4.69) is 5.32 Å². The number of rotatable bonds is 6. The molecule has 6 nitrogen and oxygen atoms in total. The molecule has 144 valence electrons. The Labute approximate surface area is 159 Å². The van der Waals surface area contributed by atoms with Crippen LogP contribution in [0.1, 0.15) is 31.2 Å². The van der Waals surface area contributed by atoms with Crippen molar-refractivity contribution in [1.29, 1.82) is 0 Å². The Bertz CT molecular complexity index is 709. The first-order valence-electron chi connectivity index (χ1n) is 9.05. The Morgan fingerprint density at radius 2 is 1.88 bits per heavy atom. The largest absolute Gasteiger partial charge is 0.376 e. The highest BCUT2D eigenvalue weighted by Gasteiger charge is 2.31. The highest BCUT2D eigenvalue weighted by Crippen LogP contribution is 2.22. The molecule has 0 bridgehead atoms. The van der Waals surface area contributed by atoms with Crippen LogP contribution in [0.5, 0.6) is 0 Å². The van der Waals surface area contributed by atoms with Crippen LogP contribution in [-0.2, 0) is 25.3 Å². The van der Waals surface area contributed by atoms with Gasteiger partial charge >= 0.3 is 0 Å². The topological polar surface area (TPSA) is 75.7 Å². The zero-order chi connectivity index (χ0) is 18.6. The van der Waals surface area contributed by atoms with Crippen LogP contribution >= 0.6 is 11.6 Å². The molecule has 2 aliphatic rings. The molecule has 1 unspecified atom stereocenters. The van der Waals surface area contributed by atoms with Crippen LogP contribution in [0.3, 0.4) is 0 Å². The molecule has 1 aromatic carbocycles. The molecule has 1 aromatic rings. The number of benzene rings is 1. The molecule has 0 aliphatic carbocycles. The maximum atomic E-state index is 12.6. The predicted octanol–water partition coefficient (Wildman–Crippen LogP) is 2.18. The number of hydrogen-bond acceptors (Lipinski definition) is 4. The van der Waals surface area contributed by atoms with E-state index in [9.17, 15) is 13.2 Å². The Balaban J connectivity index is 1.47. The molecule has 0 radical (unpaired) electrons. The third-order valence-electron chi connectivity index (χ3n) is 5.01. The van der Waals surface area contributed by atoms with Crippen molar-refractivity contribution < 1.29 is 17.9 Å². The van der Waals surface area contributed by atoms with E-state index in [0.29, 0.717) is 43.1 Å². The van der Waals surface area contributed by atoms with Crippen molar-refractivity contribution in [2.75, 3.05) is 26.2 Å². The summed E-state index contributed by atoms with van der Waals surface area (Å²) in [5.74, 6) is -0.159. The Kier molecular flexibility index (Phi) is 6.55. The highest BCUT2D eigenvalue weighted by atomic mass is 35.5. The van der Waals surface area contributed by atoms with Crippen LogP contribution in [-0.4, -0.2) is 51.0 Å². The molecule has 2 fully saturated rings. The Hall–Kier alpha value is -1.15. The van der Waals surface area contributed by atoms with Crippen LogP contribution in [0, 0.1) is 5.92 Å². The van der Waals surface area contributed by atoms with Gasteiger partial charge in [-0.15, -0.1) is 0 Å². The van der Waals surface area contributed by atoms with E-state index in [1.807, 2.05) is 0 Å². The van der Waals surface area contributed by atoms with Crippen molar-refractivity contribution in [3.63, 3.8) is 0 Å². The molecule has 0 saturated carbocycles. The van der Waals surface area contributed by atoms with Gasteiger partial charge < -0.3 is 10.1 Å². The van der Waals surface area contributed by atoms with Gasteiger partial charge in [0.25, 0.3) is 0 Å². The third kappa shape index (κ3) is 5.19. The molecule has 26 heavy (non-hydrogen) atoms. The van der Waals surface area contributed by atoms with Crippen molar-refractivity contribution >= 4 is 27.5 Å². The van der Waals surface area contributed by atoms with Gasteiger partial charge in [-0.25, -0.2) is 12.7 Å². The SMILES string of the molecule is O=C(NCC1CCCO1)C1CCN(S(=O)(=O)Cc2ccc(Cl)cc2)CC1. The number of carbonyl (C=O) groups is 1. The summed E-state index contributed by atoms with van der Waals surface area (Å²) in [5.41, 5.74) is 0.714. The molecule has 1 N–H and O–H groups in total. The third-order valence-corrected chi connectivity index (χ3v) is 7.11. The van der Waals surface area contributed by atoms with Crippen molar-refractivity contribution in [3.8, 4) is 0 Å². The van der Waals surface area contributed by atoms with Gasteiger partial charge in [0.2, 0.25) is 15.9 Å². The van der Waals surface area contributed by atoms with Crippen LogP contribution in [0.15, 0.2) is 24.3 Å². The second kappa shape index (κ2) is 8.69. The molecule has 1 atom stereocenters. The summed E-state index contributed by atoms with van der Waals surface area (Å²) in [5, 5.41) is 3.53. The van der Waals surface area contributed by atoms with E-state index < -0.39 is 10.0 Å². The summed E-state index contributed by atoms with van der Waals surface area (Å²) >= 11 is 5.84. The minimum absolute atomic E-state index is 0.00949.